The highest BCUT2D eigenvalue weighted by Crippen LogP contribution is 2.44. The fourth-order valence-electron chi connectivity index (χ4n) is 10.3. The number of nitrogens with zero attached hydrogens (tertiary/aromatic N) is 7. The molecule has 63 heavy (non-hydrogen) atoms. The topological polar surface area (TPSA) is 161 Å². The van der Waals surface area contributed by atoms with Crippen molar-refractivity contribution in [1.29, 1.82) is 0 Å². The molecule has 7 heterocycles. The zero-order chi connectivity index (χ0) is 43.5. The van der Waals surface area contributed by atoms with Crippen LogP contribution in [-0.2, 0) is 14.4 Å². The molecule has 332 valence electrons. The van der Waals surface area contributed by atoms with Gasteiger partial charge in [0.25, 0.3) is 0 Å². The van der Waals surface area contributed by atoms with Crippen molar-refractivity contribution >= 4 is 46.7 Å². The number of piperidine rings is 3. The van der Waals surface area contributed by atoms with Crippen LogP contribution in [0.15, 0.2) is 83.8 Å². The summed E-state index contributed by atoms with van der Waals surface area (Å²) in [5, 5.41) is 20.9. The quantitative estimate of drug-likeness (QED) is 0.194. The molecule has 6 aliphatic rings. The second-order valence-electron chi connectivity index (χ2n) is 17.7. The van der Waals surface area contributed by atoms with E-state index in [2.05, 4.69) is 60.4 Å². The zero-order valence-corrected chi connectivity index (χ0v) is 36.9. The molecule has 2 bridgehead atoms. The van der Waals surface area contributed by atoms with Crippen LogP contribution in [0, 0.1) is 0 Å². The maximum absolute atomic E-state index is 13.1. The number of hydrogen-bond acceptors (Lipinski definition) is 13. The van der Waals surface area contributed by atoms with Gasteiger partial charge in [0.2, 0.25) is 17.7 Å². The Balaban J connectivity index is 0.000000185. The predicted octanol–water partition coefficient (Wildman–Crippen LogP) is 5.37. The van der Waals surface area contributed by atoms with Gasteiger partial charge in [0.1, 0.15) is 23.6 Å². The number of ether oxygens (including phenoxy) is 1. The number of phenols is 1. The van der Waals surface area contributed by atoms with Crippen molar-refractivity contribution in [3.05, 3.63) is 84.4 Å². The Labute approximate surface area is 374 Å². The molecule has 3 atom stereocenters. The second-order valence-corrected chi connectivity index (χ2v) is 18.8. The average molecular weight is 874 g/mol. The average Bonchev–Trinajstić information content (AvgIpc) is 3.48. The molecule has 0 radical (unpaired) electrons. The number of rotatable bonds is 8. The Kier molecular flexibility index (Phi) is 13.0. The maximum atomic E-state index is 13.1. The van der Waals surface area contributed by atoms with Gasteiger partial charge < -0.3 is 30.3 Å². The standard InChI is InChI=1S/C31H38N4O4S.C17H21N5O/c36-28-10-9-27(31(38)32-28)35-19-20-40-30-25(7-4-8-26(30)35)22-11-15-33(16-12-22)21-29(37)34-17-13-24(14-18-34)39-23-5-2-1-3-6-23;1-21-11-6-7-12(21)10-22(9-11)15-8-14(19-20-17(15)18)13-4-2-3-5-16(13)23/h1-8,22,24,27H,9-21H2,(H,32,36,38);2-5,8,11-12,23H,6-7,9-10H2,1H3,(H2,18,20). The Morgan fingerprint density at radius 2 is 1.57 bits per heavy atom. The van der Waals surface area contributed by atoms with Crippen molar-refractivity contribution in [1.82, 2.24) is 30.2 Å². The molecule has 0 saturated carbocycles. The minimum absolute atomic E-state index is 0.169. The first kappa shape index (κ1) is 42.9. The number of aromatic hydroxyl groups is 1. The molecular formula is C48H59N9O5S. The summed E-state index contributed by atoms with van der Waals surface area (Å²) in [6.07, 6.45) is 7.40. The first-order valence-corrected chi connectivity index (χ1v) is 23.6. The van der Waals surface area contributed by atoms with Crippen LogP contribution >= 0.6 is 11.8 Å². The van der Waals surface area contributed by atoms with E-state index < -0.39 is 0 Å². The number of phenolic OH excluding ortho intramolecular Hbond substituents is 1. The smallest absolute Gasteiger partial charge is 0.249 e. The number of nitrogen functional groups attached to an aromatic ring is 1. The van der Waals surface area contributed by atoms with E-state index in [1.54, 1.807) is 12.1 Å². The van der Waals surface area contributed by atoms with Crippen LogP contribution in [0.1, 0.15) is 62.8 Å². The normalized spacial score (nSPS) is 23.4. The summed E-state index contributed by atoms with van der Waals surface area (Å²) in [5.41, 5.74) is 10.8. The monoisotopic (exact) mass is 873 g/mol. The number of nitrogens with two attached hydrogens (primary N) is 1. The lowest BCUT2D eigenvalue weighted by molar-refractivity contribution is -0.135. The number of fused-ring (bicyclic) bond motifs is 3. The van der Waals surface area contributed by atoms with E-state index >= 15 is 0 Å². The molecule has 15 heteroatoms. The van der Waals surface area contributed by atoms with Crippen molar-refractivity contribution < 1.29 is 24.2 Å². The zero-order valence-electron chi connectivity index (χ0n) is 36.1. The number of carbonyl (C=O) groups is 3. The number of thioether (sulfide) groups is 1. The number of aromatic nitrogens is 2. The molecule has 3 unspecified atom stereocenters. The third-order valence-corrected chi connectivity index (χ3v) is 15.0. The van der Waals surface area contributed by atoms with E-state index in [0.29, 0.717) is 54.5 Å². The van der Waals surface area contributed by atoms with Crippen LogP contribution in [0.2, 0.25) is 0 Å². The summed E-state index contributed by atoms with van der Waals surface area (Å²) in [6.45, 7) is 6.55. The Morgan fingerprint density at radius 1 is 0.841 bits per heavy atom. The highest BCUT2D eigenvalue weighted by molar-refractivity contribution is 7.99. The second kappa shape index (κ2) is 19.2. The predicted molar refractivity (Wildman–Crippen MR) is 246 cm³/mol. The first-order chi connectivity index (χ1) is 30.7. The van der Waals surface area contributed by atoms with E-state index in [0.717, 1.165) is 94.4 Å². The number of para-hydroxylation sites is 2. The third kappa shape index (κ3) is 9.60. The van der Waals surface area contributed by atoms with Crippen LogP contribution in [0.25, 0.3) is 11.3 Å². The molecule has 3 amide bonds. The van der Waals surface area contributed by atoms with Crippen LogP contribution in [0.5, 0.6) is 11.5 Å². The van der Waals surface area contributed by atoms with Crippen LogP contribution in [-0.4, -0.2) is 137 Å². The van der Waals surface area contributed by atoms with Crippen molar-refractivity contribution in [3.8, 4) is 22.8 Å². The Bertz CT molecular complexity index is 2250. The van der Waals surface area contributed by atoms with Crippen LogP contribution in [0.4, 0.5) is 17.2 Å². The number of likely N-dealkylation sites (N-methyl/N-ethyl adjacent to an activating group) is 1. The molecular weight excluding hydrogens is 815 g/mol. The van der Waals surface area contributed by atoms with Gasteiger partial charge in [0.05, 0.1) is 23.6 Å². The fraction of sp³-hybridized carbons (Fsp3) is 0.479. The van der Waals surface area contributed by atoms with Gasteiger partial charge >= 0.3 is 0 Å². The molecule has 4 N–H and O–H groups in total. The highest BCUT2D eigenvalue weighted by atomic mass is 32.2. The fourth-order valence-corrected chi connectivity index (χ4v) is 11.5. The summed E-state index contributed by atoms with van der Waals surface area (Å²) < 4.78 is 6.09. The highest BCUT2D eigenvalue weighted by Gasteiger charge is 2.39. The summed E-state index contributed by atoms with van der Waals surface area (Å²) in [7, 11) is 2.21. The lowest BCUT2D eigenvalue weighted by atomic mass is 9.88. The van der Waals surface area contributed by atoms with E-state index in [4.69, 9.17) is 10.5 Å². The number of anilines is 3. The van der Waals surface area contributed by atoms with Gasteiger partial charge in [-0.25, -0.2) is 0 Å². The number of imide groups is 1. The van der Waals surface area contributed by atoms with Crippen LogP contribution in [0.3, 0.4) is 0 Å². The number of hydrogen-bond donors (Lipinski definition) is 3. The molecule has 4 aromatic rings. The molecule has 5 fully saturated rings. The van der Waals surface area contributed by atoms with Crippen molar-refractivity contribution in [3.63, 3.8) is 0 Å². The largest absolute Gasteiger partial charge is 0.507 e. The molecule has 0 aliphatic carbocycles. The lowest BCUT2D eigenvalue weighted by Gasteiger charge is -2.40. The molecule has 1 aromatic heterocycles. The summed E-state index contributed by atoms with van der Waals surface area (Å²) in [4.78, 5) is 50.0. The Morgan fingerprint density at radius 3 is 2.30 bits per heavy atom. The molecule has 10 rings (SSSR count). The number of piperazine rings is 1. The summed E-state index contributed by atoms with van der Waals surface area (Å²) in [6, 6.07) is 26.4. The molecule has 14 nitrogen and oxygen atoms in total. The first-order valence-electron chi connectivity index (χ1n) is 22.6. The van der Waals surface area contributed by atoms with Gasteiger partial charge in [0, 0.05) is 80.3 Å². The molecule has 5 saturated heterocycles. The minimum atomic E-state index is -0.282. The van der Waals surface area contributed by atoms with Gasteiger partial charge in [-0.05, 0) is 100 Å². The summed E-state index contributed by atoms with van der Waals surface area (Å²) >= 11 is 1.88. The van der Waals surface area contributed by atoms with E-state index in [1.807, 2.05) is 65.2 Å². The van der Waals surface area contributed by atoms with Gasteiger partial charge in [-0.3, -0.25) is 29.5 Å². The van der Waals surface area contributed by atoms with Gasteiger partial charge in [-0.2, -0.15) is 0 Å². The van der Waals surface area contributed by atoms with E-state index in [1.165, 1.54) is 23.3 Å². The van der Waals surface area contributed by atoms with E-state index in [9.17, 15) is 19.5 Å². The number of carbonyl (C=O) groups excluding carboxylic acids is 3. The van der Waals surface area contributed by atoms with Gasteiger partial charge in [-0.1, -0.05) is 42.5 Å². The van der Waals surface area contributed by atoms with Crippen molar-refractivity contribution in [2.24, 2.45) is 0 Å². The molecule has 6 aliphatic heterocycles. The van der Waals surface area contributed by atoms with E-state index in [-0.39, 0.29) is 35.6 Å². The number of likely N-dealkylation sites (tertiary alicyclic amines) is 2. The Hall–Kier alpha value is -5.38. The van der Waals surface area contributed by atoms with Crippen molar-refractivity contribution in [2.45, 2.75) is 86.4 Å². The maximum Gasteiger partial charge on any atom is 0.249 e. The molecule has 3 aromatic carbocycles. The lowest BCUT2D eigenvalue weighted by Crippen LogP contribution is -2.54. The number of nitrogens with one attached hydrogen (secondary N) is 1. The number of benzene rings is 3. The number of amides is 3. The molecule has 0 spiro atoms. The summed E-state index contributed by atoms with van der Waals surface area (Å²) in [5.74, 6) is 2.81. The van der Waals surface area contributed by atoms with Gasteiger partial charge in [-0.15, -0.1) is 22.0 Å². The SMILES string of the molecule is CN1C2CCC1CN(c1cc(-c3ccccc3O)nnc1N)C2.O=C1CCC(N2CCSc3c(C4CCN(CC(=O)N5CCC(Oc6ccccc6)CC5)CC4)cccc32)C(=O)N1. The van der Waals surface area contributed by atoms with Gasteiger partial charge in [0.15, 0.2) is 5.82 Å². The third-order valence-electron chi connectivity index (χ3n) is 13.9. The van der Waals surface area contributed by atoms with Crippen LogP contribution < -0.4 is 25.6 Å². The minimum Gasteiger partial charge on any atom is -0.507 e. The van der Waals surface area contributed by atoms with Crippen molar-refractivity contribution in [2.75, 3.05) is 80.7 Å².